The SMILES string of the molecule is Cc1c(C(=O)N[C@@H](C)c2cccc(Cl)c2)oc2ccccc12. The predicted molar refractivity (Wildman–Crippen MR) is 88.3 cm³/mol. The fourth-order valence-electron chi connectivity index (χ4n) is 2.51. The minimum Gasteiger partial charge on any atom is -0.451 e. The summed E-state index contributed by atoms with van der Waals surface area (Å²) in [6.45, 7) is 3.81. The maximum atomic E-state index is 12.5. The molecule has 22 heavy (non-hydrogen) atoms. The summed E-state index contributed by atoms with van der Waals surface area (Å²) in [6, 6.07) is 14.9. The summed E-state index contributed by atoms with van der Waals surface area (Å²) < 4.78 is 5.68. The summed E-state index contributed by atoms with van der Waals surface area (Å²) in [6.07, 6.45) is 0. The van der Waals surface area contributed by atoms with Crippen LogP contribution in [0.2, 0.25) is 5.02 Å². The lowest BCUT2D eigenvalue weighted by Gasteiger charge is -2.14. The molecule has 0 saturated carbocycles. The van der Waals surface area contributed by atoms with Gasteiger partial charge in [0.15, 0.2) is 5.76 Å². The molecule has 3 aromatic rings. The van der Waals surface area contributed by atoms with Crippen molar-refractivity contribution in [1.82, 2.24) is 5.32 Å². The number of nitrogens with one attached hydrogen (secondary N) is 1. The van der Waals surface area contributed by atoms with E-state index in [9.17, 15) is 4.79 Å². The van der Waals surface area contributed by atoms with Gasteiger partial charge in [0.2, 0.25) is 0 Å². The van der Waals surface area contributed by atoms with Crippen LogP contribution in [0.5, 0.6) is 0 Å². The van der Waals surface area contributed by atoms with Crippen molar-refractivity contribution in [1.29, 1.82) is 0 Å². The number of carbonyl (C=O) groups excluding carboxylic acids is 1. The average molecular weight is 314 g/mol. The molecule has 0 fully saturated rings. The summed E-state index contributed by atoms with van der Waals surface area (Å²) in [4.78, 5) is 12.5. The fraction of sp³-hybridized carbons (Fsp3) is 0.167. The van der Waals surface area contributed by atoms with Crippen molar-refractivity contribution in [2.75, 3.05) is 0 Å². The van der Waals surface area contributed by atoms with E-state index < -0.39 is 0 Å². The molecule has 2 aromatic carbocycles. The Labute approximate surface area is 133 Å². The topological polar surface area (TPSA) is 42.2 Å². The molecule has 0 bridgehead atoms. The molecule has 0 aliphatic carbocycles. The molecule has 3 rings (SSSR count). The lowest BCUT2D eigenvalue weighted by atomic mass is 10.1. The van der Waals surface area contributed by atoms with Crippen LogP contribution in [0.15, 0.2) is 52.9 Å². The lowest BCUT2D eigenvalue weighted by Crippen LogP contribution is -2.26. The van der Waals surface area contributed by atoms with Gasteiger partial charge in [0, 0.05) is 16.0 Å². The van der Waals surface area contributed by atoms with Gasteiger partial charge in [0.1, 0.15) is 5.58 Å². The molecule has 1 N–H and O–H groups in total. The summed E-state index contributed by atoms with van der Waals surface area (Å²) in [7, 11) is 0. The van der Waals surface area contributed by atoms with Gasteiger partial charge in [-0.1, -0.05) is 41.9 Å². The van der Waals surface area contributed by atoms with Crippen molar-refractivity contribution in [2.45, 2.75) is 19.9 Å². The Morgan fingerprint density at radius 2 is 1.95 bits per heavy atom. The van der Waals surface area contributed by atoms with Crippen molar-refractivity contribution < 1.29 is 9.21 Å². The highest BCUT2D eigenvalue weighted by molar-refractivity contribution is 6.30. The Bertz CT molecular complexity index is 838. The quantitative estimate of drug-likeness (QED) is 0.748. The molecule has 0 unspecified atom stereocenters. The Morgan fingerprint density at radius 3 is 2.68 bits per heavy atom. The minimum atomic E-state index is -0.221. The zero-order chi connectivity index (χ0) is 15.7. The maximum Gasteiger partial charge on any atom is 0.287 e. The molecule has 112 valence electrons. The molecule has 0 aliphatic rings. The molecule has 1 amide bonds. The summed E-state index contributed by atoms with van der Waals surface area (Å²) in [5, 5.41) is 4.56. The Hall–Kier alpha value is -2.26. The molecule has 0 saturated heterocycles. The second kappa shape index (κ2) is 5.85. The van der Waals surface area contributed by atoms with E-state index in [4.69, 9.17) is 16.0 Å². The summed E-state index contributed by atoms with van der Waals surface area (Å²) in [5.41, 5.74) is 2.53. The number of rotatable bonds is 3. The number of aryl methyl sites for hydroxylation is 1. The van der Waals surface area contributed by atoms with Gasteiger partial charge in [-0.3, -0.25) is 4.79 Å². The zero-order valence-electron chi connectivity index (χ0n) is 12.4. The monoisotopic (exact) mass is 313 g/mol. The molecule has 1 heterocycles. The number of hydrogen-bond acceptors (Lipinski definition) is 2. The zero-order valence-corrected chi connectivity index (χ0v) is 13.1. The lowest BCUT2D eigenvalue weighted by molar-refractivity contribution is 0.0913. The number of hydrogen-bond donors (Lipinski definition) is 1. The van der Waals surface area contributed by atoms with E-state index >= 15 is 0 Å². The van der Waals surface area contributed by atoms with Crippen LogP contribution >= 0.6 is 11.6 Å². The molecule has 0 radical (unpaired) electrons. The molecule has 0 aliphatic heterocycles. The van der Waals surface area contributed by atoms with Crippen LogP contribution in [0.3, 0.4) is 0 Å². The first kappa shape index (κ1) is 14.7. The van der Waals surface area contributed by atoms with E-state index in [1.165, 1.54) is 0 Å². The first-order chi connectivity index (χ1) is 10.6. The second-order valence-corrected chi connectivity index (χ2v) is 5.74. The molecular formula is C18H16ClNO2. The second-order valence-electron chi connectivity index (χ2n) is 5.30. The molecule has 3 nitrogen and oxygen atoms in total. The van der Waals surface area contributed by atoms with Crippen LogP contribution in [0, 0.1) is 6.92 Å². The normalized spacial score (nSPS) is 12.3. The van der Waals surface area contributed by atoms with Crippen LogP contribution in [-0.2, 0) is 0 Å². The summed E-state index contributed by atoms with van der Waals surface area (Å²) in [5.74, 6) is 0.135. The highest BCUT2D eigenvalue weighted by atomic mass is 35.5. The standard InChI is InChI=1S/C18H16ClNO2/c1-11-15-8-3-4-9-16(15)22-17(11)18(21)20-12(2)13-6-5-7-14(19)10-13/h3-10,12H,1-2H3,(H,20,21)/t12-/m0/s1. The van der Waals surface area contributed by atoms with E-state index in [-0.39, 0.29) is 11.9 Å². The number of benzene rings is 2. The summed E-state index contributed by atoms with van der Waals surface area (Å²) >= 11 is 5.99. The van der Waals surface area contributed by atoms with Crippen LogP contribution in [0.4, 0.5) is 0 Å². The van der Waals surface area contributed by atoms with Gasteiger partial charge in [0.05, 0.1) is 6.04 Å². The average Bonchev–Trinajstić information content (AvgIpc) is 2.85. The van der Waals surface area contributed by atoms with E-state index in [0.717, 1.165) is 22.1 Å². The largest absolute Gasteiger partial charge is 0.451 e. The Kier molecular flexibility index (Phi) is 3.90. The van der Waals surface area contributed by atoms with Gasteiger partial charge in [0.25, 0.3) is 5.91 Å². The van der Waals surface area contributed by atoms with E-state index in [2.05, 4.69) is 5.32 Å². The maximum absolute atomic E-state index is 12.5. The van der Waals surface area contributed by atoms with Crippen LogP contribution in [0.1, 0.15) is 34.6 Å². The van der Waals surface area contributed by atoms with Gasteiger partial charge in [-0.25, -0.2) is 0 Å². The van der Waals surface area contributed by atoms with Crippen molar-refractivity contribution in [3.8, 4) is 0 Å². The van der Waals surface area contributed by atoms with Gasteiger partial charge in [-0.05, 0) is 37.6 Å². The smallest absolute Gasteiger partial charge is 0.287 e. The first-order valence-electron chi connectivity index (χ1n) is 7.10. The first-order valence-corrected chi connectivity index (χ1v) is 7.48. The third kappa shape index (κ3) is 2.72. The number of carbonyl (C=O) groups is 1. The minimum absolute atomic E-state index is 0.154. The van der Waals surface area contributed by atoms with Crippen LogP contribution in [-0.4, -0.2) is 5.91 Å². The van der Waals surface area contributed by atoms with E-state index in [1.54, 1.807) is 0 Å². The number of amides is 1. The van der Waals surface area contributed by atoms with E-state index in [1.807, 2.05) is 62.4 Å². The third-order valence-electron chi connectivity index (χ3n) is 3.75. The molecule has 0 spiro atoms. The molecule has 4 heteroatoms. The highest BCUT2D eigenvalue weighted by Gasteiger charge is 2.19. The Balaban J connectivity index is 1.85. The predicted octanol–water partition coefficient (Wildman–Crippen LogP) is 4.89. The van der Waals surface area contributed by atoms with Crippen molar-refractivity contribution in [2.24, 2.45) is 0 Å². The highest BCUT2D eigenvalue weighted by Crippen LogP contribution is 2.25. The molecular weight excluding hydrogens is 298 g/mol. The van der Waals surface area contributed by atoms with Crippen molar-refractivity contribution >= 4 is 28.5 Å². The van der Waals surface area contributed by atoms with Gasteiger partial charge in [-0.15, -0.1) is 0 Å². The van der Waals surface area contributed by atoms with Crippen LogP contribution < -0.4 is 5.32 Å². The van der Waals surface area contributed by atoms with Crippen molar-refractivity contribution in [3.05, 3.63) is 70.4 Å². The number of halogens is 1. The van der Waals surface area contributed by atoms with Crippen molar-refractivity contribution in [3.63, 3.8) is 0 Å². The fourth-order valence-corrected chi connectivity index (χ4v) is 2.71. The number of para-hydroxylation sites is 1. The van der Waals surface area contributed by atoms with Gasteiger partial charge in [-0.2, -0.15) is 0 Å². The Morgan fingerprint density at radius 1 is 1.18 bits per heavy atom. The third-order valence-corrected chi connectivity index (χ3v) is 3.98. The van der Waals surface area contributed by atoms with Crippen LogP contribution in [0.25, 0.3) is 11.0 Å². The number of furan rings is 1. The van der Waals surface area contributed by atoms with E-state index in [0.29, 0.717) is 10.8 Å². The van der Waals surface area contributed by atoms with Gasteiger partial charge >= 0.3 is 0 Å². The molecule has 1 aromatic heterocycles. The van der Waals surface area contributed by atoms with Gasteiger partial charge < -0.3 is 9.73 Å². The molecule has 1 atom stereocenters. The number of fused-ring (bicyclic) bond motifs is 1.